The molecule has 0 amide bonds. The number of hydrogen-bond donors (Lipinski definition) is 1. The second-order valence-corrected chi connectivity index (χ2v) is 4.20. The molecule has 0 saturated heterocycles. The number of hydrogen-bond acceptors (Lipinski definition) is 3. The molecule has 2 fully saturated rings. The van der Waals surface area contributed by atoms with E-state index in [1.807, 2.05) is 0 Å². The fraction of sp³-hybridized carbons (Fsp3) is 0.900. The second-order valence-electron chi connectivity index (χ2n) is 4.20. The smallest absolute Gasteiger partial charge is 0.302 e. The molecule has 4 unspecified atom stereocenters. The summed E-state index contributed by atoms with van der Waals surface area (Å²) in [5, 5.41) is 9.61. The van der Waals surface area contributed by atoms with Crippen LogP contribution in [0.1, 0.15) is 32.6 Å². The Morgan fingerprint density at radius 3 is 2.62 bits per heavy atom. The molecule has 74 valence electrons. The lowest BCUT2D eigenvalue weighted by Crippen LogP contribution is -2.23. The molecule has 0 bridgehead atoms. The molecule has 0 aromatic heterocycles. The van der Waals surface area contributed by atoms with Crippen molar-refractivity contribution in [1.29, 1.82) is 0 Å². The first-order chi connectivity index (χ1) is 6.18. The Bertz CT molecular complexity index is 214. The molecule has 0 aromatic carbocycles. The van der Waals surface area contributed by atoms with Gasteiger partial charge < -0.3 is 9.84 Å². The van der Waals surface area contributed by atoms with E-state index in [4.69, 9.17) is 4.74 Å². The topological polar surface area (TPSA) is 46.5 Å². The van der Waals surface area contributed by atoms with Crippen LogP contribution in [0.3, 0.4) is 0 Å². The summed E-state index contributed by atoms with van der Waals surface area (Å²) in [5.74, 6) is 0.635. The van der Waals surface area contributed by atoms with Crippen LogP contribution in [-0.4, -0.2) is 23.3 Å². The van der Waals surface area contributed by atoms with Crippen molar-refractivity contribution in [1.82, 2.24) is 0 Å². The third-order valence-electron chi connectivity index (χ3n) is 3.42. The van der Waals surface area contributed by atoms with Crippen LogP contribution in [0.5, 0.6) is 0 Å². The second kappa shape index (κ2) is 3.29. The number of fused-ring (bicyclic) bond motifs is 1. The third-order valence-corrected chi connectivity index (χ3v) is 3.42. The van der Waals surface area contributed by atoms with Crippen LogP contribution in [-0.2, 0) is 9.53 Å². The molecule has 2 aliphatic rings. The Balaban J connectivity index is 1.98. The highest BCUT2D eigenvalue weighted by atomic mass is 16.5. The van der Waals surface area contributed by atoms with Crippen LogP contribution in [0.25, 0.3) is 0 Å². The highest BCUT2D eigenvalue weighted by molar-refractivity contribution is 5.66. The van der Waals surface area contributed by atoms with E-state index in [2.05, 4.69) is 0 Å². The number of carbonyl (C=O) groups is 1. The Morgan fingerprint density at radius 1 is 1.23 bits per heavy atom. The van der Waals surface area contributed by atoms with Gasteiger partial charge in [-0.2, -0.15) is 0 Å². The van der Waals surface area contributed by atoms with Gasteiger partial charge in [0.2, 0.25) is 0 Å². The van der Waals surface area contributed by atoms with Gasteiger partial charge in [-0.3, -0.25) is 4.79 Å². The van der Waals surface area contributed by atoms with Crippen LogP contribution in [0.15, 0.2) is 0 Å². The van der Waals surface area contributed by atoms with Crippen molar-refractivity contribution in [2.24, 2.45) is 11.8 Å². The predicted octanol–water partition coefficient (Wildman–Crippen LogP) is 1.10. The van der Waals surface area contributed by atoms with E-state index in [-0.39, 0.29) is 18.2 Å². The number of ether oxygens (including phenoxy) is 1. The molecule has 3 heteroatoms. The van der Waals surface area contributed by atoms with Crippen molar-refractivity contribution < 1.29 is 14.6 Å². The largest absolute Gasteiger partial charge is 0.462 e. The first-order valence-corrected chi connectivity index (χ1v) is 5.04. The molecular weight excluding hydrogens is 168 g/mol. The van der Waals surface area contributed by atoms with Gasteiger partial charge in [0.25, 0.3) is 0 Å². The Morgan fingerprint density at radius 2 is 1.92 bits per heavy atom. The van der Waals surface area contributed by atoms with Crippen molar-refractivity contribution in [2.45, 2.75) is 44.8 Å². The third kappa shape index (κ3) is 1.57. The lowest BCUT2D eigenvalue weighted by Gasteiger charge is -2.18. The lowest BCUT2D eigenvalue weighted by atomic mass is 9.98. The molecule has 13 heavy (non-hydrogen) atoms. The Kier molecular flexibility index (Phi) is 2.28. The maximum absolute atomic E-state index is 10.8. The summed E-state index contributed by atoms with van der Waals surface area (Å²) in [6, 6.07) is 0. The van der Waals surface area contributed by atoms with Gasteiger partial charge in [0.15, 0.2) is 0 Å². The van der Waals surface area contributed by atoms with E-state index in [1.54, 1.807) is 0 Å². The molecule has 1 N–H and O–H groups in total. The standard InChI is InChI=1S/C10H16O3/c1-6(11)13-10-5-3-7-8(10)2-4-9(7)12/h7-10,12H,2-5H2,1H3. The van der Waals surface area contributed by atoms with Gasteiger partial charge in [-0.25, -0.2) is 0 Å². The van der Waals surface area contributed by atoms with E-state index < -0.39 is 0 Å². The van der Waals surface area contributed by atoms with Gasteiger partial charge in [-0.15, -0.1) is 0 Å². The Labute approximate surface area is 78.1 Å². The minimum Gasteiger partial charge on any atom is -0.462 e. The summed E-state index contributed by atoms with van der Waals surface area (Å²) in [6.07, 6.45) is 3.79. The van der Waals surface area contributed by atoms with Gasteiger partial charge in [-0.05, 0) is 31.6 Å². The Hall–Kier alpha value is -0.570. The zero-order valence-electron chi connectivity index (χ0n) is 7.90. The lowest BCUT2D eigenvalue weighted by molar-refractivity contribution is -0.148. The molecule has 0 spiro atoms. The first-order valence-electron chi connectivity index (χ1n) is 5.04. The van der Waals surface area contributed by atoms with E-state index >= 15 is 0 Å². The van der Waals surface area contributed by atoms with Gasteiger partial charge >= 0.3 is 5.97 Å². The van der Waals surface area contributed by atoms with E-state index in [1.165, 1.54) is 6.92 Å². The molecule has 0 aromatic rings. The maximum atomic E-state index is 10.8. The molecule has 0 radical (unpaired) electrons. The fourth-order valence-electron chi connectivity index (χ4n) is 2.88. The molecular formula is C10H16O3. The number of carbonyl (C=O) groups excluding carboxylic acids is 1. The summed E-state index contributed by atoms with van der Waals surface area (Å²) in [4.78, 5) is 10.8. The van der Waals surface area contributed by atoms with Gasteiger partial charge in [0.1, 0.15) is 6.10 Å². The highest BCUT2D eigenvalue weighted by Gasteiger charge is 2.45. The summed E-state index contributed by atoms with van der Waals surface area (Å²) in [7, 11) is 0. The quantitative estimate of drug-likeness (QED) is 0.621. The highest BCUT2D eigenvalue weighted by Crippen LogP contribution is 2.45. The van der Waals surface area contributed by atoms with E-state index in [0.29, 0.717) is 11.8 Å². The minimum atomic E-state index is -0.188. The van der Waals surface area contributed by atoms with Gasteiger partial charge in [-0.1, -0.05) is 0 Å². The molecule has 2 saturated carbocycles. The molecule has 2 aliphatic carbocycles. The van der Waals surface area contributed by atoms with Gasteiger partial charge in [0.05, 0.1) is 6.10 Å². The molecule has 2 rings (SSSR count). The molecule has 0 heterocycles. The van der Waals surface area contributed by atoms with Crippen molar-refractivity contribution in [2.75, 3.05) is 0 Å². The predicted molar refractivity (Wildman–Crippen MR) is 47.0 cm³/mol. The normalized spacial score (nSPS) is 43.2. The zero-order valence-corrected chi connectivity index (χ0v) is 7.90. The van der Waals surface area contributed by atoms with Crippen LogP contribution in [0.2, 0.25) is 0 Å². The fourth-order valence-corrected chi connectivity index (χ4v) is 2.88. The monoisotopic (exact) mass is 184 g/mol. The average Bonchev–Trinajstić information content (AvgIpc) is 2.56. The van der Waals surface area contributed by atoms with E-state index in [9.17, 15) is 9.90 Å². The minimum absolute atomic E-state index is 0.0830. The van der Waals surface area contributed by atoms with Crippen LogP contribution < -0.4 is 0 Å². The molecule has 3 nitrogen and oxygen atoms in total. The average molecular weight is 184 g/mol. The molecule has 4 atom stereocenters. The molecule has 0 aliphatic heterocycles. The SMILES string of the molecule is CC(=O)OC1CCC2C(O)CCC12. The maximum Gasteiger partial charge on any atom is 0.302 e. The summed E-state index contributed by atoms with van der Waals surface area (Å²) in [6.45, 7) is 1.46. The van der Waals surface area contributed by atoms with E-state index in [0.717, 1.165) is 25.7 Å². The number of esters is 1. The van der Waals surface area contributed by atoms with Crippen LogP contribution in [0, 0.1) is 11.8 Å². The van der Waals surface area contributed by atoms with Crippen molar-refractivity contribution in [3.63, 3.8) is 0 Å². The van der Waals surface area contributed by atoms with Crippen LogP contribution in [0.4, 0.5) is 0 Å². The van der Waals surface area contributed by atoms with Crippen molar-refractivity contribution >= 4 is 5.97 Å². The van der Waals surface area contributed by atoms with Crippen LogP contribution >= 0.6 is 0 Å². The summed E-state index contributed by atoms with van der Waals surface area (Å²) >= 11 is 0. The van der Waals surface area contributed by atoms with Gasteiger partial charge in [0, 0.05) is 12.8 Å². The number of aliphatic hydroxyl groups excluding tert-OH is 1. The number of aliphatic hydroxyl groups is 1. The summed E-state index contributed by atoms with van der Waals surface area (Å²) in [5.41, 5.74) is 0. The zero-order chi connectivity index (χ0) is 9.42. The summed E-state index contributed by atoms with van der Waals surface area (Å²) < 4.78 is 5.22. The van der Waals surface area contributed by atoms with Crippen molar-refractivity contribution in [3.05, 3.63) is 0 Å². The first kappa shape index (κ1) is 9.00. The number of rotatable bonds is 1. The van der Waals surface area contributed by atoms with Crippen molar-refractivity contribution in [3.8, 4) is 0 Å².